The summed E-state index contributed by atoms with van der Waals surface area (Å²) >= 11 is -2.07. The highest BCUT2D eigenvalue weighted by molar-refractivity contribution is 7.80. The average Bonchev–Trinajstić information content (AvgIpc) is 2.30. The zero-order chi connectivity index (χ0) is 12.3. The fourth-order valence-corrected chi connectivity index (χ4v) is 1.76. The number of H-pyrrole nitrogens is 1. The SMILES string of the molecule is O=c1ccc(-c2ccc(NS(=O)O)cc2)c[nH]1. The Labute approximate surface area is 99.9 Å². The molecule has 0 amide bonds. The predicted molar refractivity (Wildman–Crippen MR) is 66.9 cm³/mol. The average molecular weight is 250 g/mol. The van der Waals surface area contributed by atoms with E-state index in [1.165, 1.54) is 6.07 Å². The predicted octanol–water partition coefficient (Wildman–Crippen LogP) is 1.59. The molecule has 0 aliphatic rings. The van der Waals surface area contributed by atoms with E-state index < -0.39 is 11.3 Å². The normalized spacial score (nSPS) is 12.1. The molecule has 0 bridgehead atoms. The molecule has 0 fully saturated rings. The summed E-state index contributed by atoms with van der Waals surface area (Å²) in [6.07, 6.45) is 1.62. The number of pyridine rings is 1. The highest BCUT2D eigenvalue weighted by atomic mass is 32.2. The maximum atomic E-state index is 10.9. The Hall–Kier alpha value is -1.92. The summed E-state index contributed by atoms with van der Waals surface area (Å²) in [5.74, 6) is 0. The van der Waals surface area contributed by atoms with Crippen molar-refractivity contribution in [3.63, 3.8) is 0 Å². The number of aromatic amines is 1. The first-order chi connectivity index (χ1) is 8.15. The third-order valence-corrected chi connectivity index (χ3v) is 2.62. The van der Waals surface area contributed by atoms with E-state index in [1.54, 1.807) is 36.5 Å². The highest BCUT2D eigenvalue weighted by Crippen LogP contribution is 2.19. The molecule has 0 saturated carbocycles. The standard InChI is InChI=1S/C11H10N2O3S/c14-11-6-3-9(7-12-11)8-1-4-10(5-2-8)13-17(15)16/h1-7,13H,(H,12,14)(H,15,16). The van der Waals surface area contributed by atoms with Crippen molar-refractivity contribution >= 4 is 17.0 Å². The van der Waals surface area contributed by atoms with E-state index in [4.69, 9.17) is 4.55 Å². The first-order valence-corrected chi connectivity index (χ1v) is 5.92. The van der Waals surface area contributed by atoms with Gasteiger partial charge in [0, 0.05) is 18.0 Å². The van der Waals surface area contributed by atoms with Crippen molar-refractivity contribution in [2.45, 2.75) is 0 Å². The maximum Gasteiger partial charge on any atom is 0.259 e. The molecule has 0 aliphatic heterocycles. The number of anilines is 1. The summed E-state index contributed by atoms with van der Waals surface area (Å²) in [4.78, 5) is 13.5. The zero-order valence-electron chi connectivity index (χ0n) is 8.71. The number of nitrogens with one attached hydrogen (secondary N) is 2. The minimum Gasteiger partial charge on any atom is -0.328 e. The van der Waals surface area contributed by atoms with E-state index in [9.17, 15) is 9.00 Å². The van der Waals surface area contributed by atoms with Gasteiger partial charge in [-0.1, -0.05) is 12.1 Å². The van der Waals surface area contributed by atoms with E-state index in [-0.39, 0.29) is 5.56 Å². The minimum absolute atomic E-state index is 0.150. The molecule has 0 saturated heterocycles. The van der Waals surface area contributed by atoms with Gasteiger partial charge in [-0.25, -0.2) is 4.21 Å². The molecule has 1 aromatic heterocycles. The third-order valence-electron chi connectivity index (χ3n) is 2.21. The second-order valence-electron chi connectivity index (χ2n) is 3.37. The van der Waals surface area contributed by atoms with Gasteiger partial charge in [0.25, 0.3) is 11.3 Å². The van der Waals surface area contributed by atoms with Crippen molar-refractivity contribution in [1.82, 2.24) is 4.98 Å². The van der Waals surface area contributed by atoms with Crippen LogP contribution in [0.2, 0.25) is 0 Å². The molecule has 0 radical (unpaired) electrons. The Balaban J connectivity index is 2.26. The maximum absolute atomic E-state index is 10.9. The van der Waals surface area contributed by atoms with Gasteiger partial charge in [0.2, 0.25) is 5.56 Å². The van der Waals surface area contributed by atoms with E-state index in [0.29, 0.717) is 5.69 Å². The molecule has 3 N–H and O–H groups in total. The smallest absolute Gasteiger partial charge is 0.259 e. The van der Waals surface area contributed by atoms with Crippen molar-refractivity contribution in [2.24, 2.45) is 0 Å². The molecule has 2 aromatic rings. The van der Waals surface area contributed by atoms with Gasteiger partial charge >= 0.3 is 0 Å². The van der Waals surface area contributed by atoms with E-state index in [0.717, 1.165) is 11.1 Å². The molecule has 1 aromatic carbocycles. The summed E-state index contributed by atoms with van der Waals surface area (Å²) < 4.78 is 21.5. The molecule has 2 rings (SSSR count). The fourth-order valence-electron chi connectivity index (χ4n) is 1.42. The number of rotatable bonds is 3. The molecule has 1 unspecified atom stereocenters. The van der Waals surface area contributed by atoms with Gasteiger partial charge in [-0.05, 0) is 29.3 Å². The molecule has 1 heterocycles. The Morgan fingerprint density at radius 1 is 1.06 bits per heavy atom. The monoisotopic (exact) mass is 250 g/mol. The number of aromatic nitrogens is 1. The number of hydrogen-bond acceptors (Lipinski definition) is 2. The molecule has 0 spiro atoms. The lowest BCUT2D eigenvalue weighted by Crippen LogP contribution is -2.02. The van der Waals surface area contributed by atoms with Crippen LogP contribution < -0.4 is 10.3 Å². The van der Waals surface area contributed by atoms with Crippen LogP contribution >= 0.6 is 0 Å². The van der Waals surface area contributed by atoms with Gasteiger partial charge in [0.05, 0.1) is 0 Å². The van der Waals surface area contributed by atoms with Crippen molar-refractivity contribution in [1.29, 1.82) is 0 Å². The quantitative estimate of drug-likeness (QED) is 0.723. The number of hydrogen-bond donors (Lipinski definition) is 3. The van der Waals surface area contributed by atoms with Crippen LogP contribution in [0.3, 0.4) is 0 Å². The van der Waals surface area contributed by atoms with E-state index >= 15 is 0 Å². The lowest BCUT2D eigenvalue weighted by Gasteiger charge is -2.03. The zero-order valence-corrected chi connectivity index (χ0v) is 9.53. The Kier molecular flexibility index (Phi) is 3.36. The molecule has 6 heteroatoms. The van der Waals surface area contributed by atoms with Gasteiger partial charge in [0.15, 0.2) is 0 Å². The van der Waals surface area contributed by atoms with Gasteiger partial charge in [-0.3, -0.25) is 14.1 Å². The second kappa shape index (κ2) is 4.94. The first-order valence-electron chi connectivity index (χ1n) is 4.82. The lowest BCUT2D eigenvalue weighted by molar-refractivity contribution is 0.570. The van der Waals surface area contributed by atoms with Crippen LogP contribution in [0.5, 0.6) is 0 Å². The van der Waals surface area contributed by atoms with Crippen LogP contribution in [-0.4, -0.2) is 13.7 Å². The highest BCUT2D eigenvalue weighted by Gasteiger charge is 1.99. The van der Waals surface area contributed by atoms with Crippen molar-refractivity contribution in [3.8, 4) is 11.1 Å². The molecular formula is C11H10N2O3S. The Morgan fingerprint density at radius 3 is 2.24 bits per heavy atom. The summed E-state index contributed by atoms with van der Waals surface area (Å²) in [7, 11) is 0. The first kappa shape index (κ1) is 11.6. The van der Waals surface area contributed by atoms with Crippen LogP contribution in [0.15, 0.2) is 47.4 Å². The summed E-state index contributed by atoms with van der Waals surface area (Å²) in [6.45, 7) is 0. The largest absolute Gasteiger partial charge is 0.328 e. The van der Waals surface area contributed by atoms with Crippen LogP contribution in [0.1, 0.15) is 0 Å². The molecule has 0 aliphatic carbocycles. The summed E-state index contributed by atoms with van der Waals surface area (Å²) in [5, 5.41) is 0. The Morgan fingerprint density at radius 2 is 1.71 bits per heavy atom. The van der Waals surface area contributed by atoms with Crippen molar-refractivity contribution in [3.05, 3.63) is 52.9 Å². The fraction of sp³-hybridized carbons (Fsp3) is 0. The van der Waals surface area contributed by atoms with Crippen LogP contribution in [-0.2, 0) is 11.3 Å². The van der Waals surface area contributed by atoms with E-state index in [2.05, 4.69) is 9.71 Å². The van der Waals surface area contributed by atoms with Gasteiger partial charge < -0.3 is 4.98 Å². The third kappa shape index (κ3) is 3.02. The summed E-state index contributed by atoms with van der Waals surface area (Å²) in [6, 6.07) is 10.1. The molecule has 88 valence electrons. The van der Waals surface area contributed by atoms with Crippen molar-refractivity contribution < 1.29 is 8.76 Å². The molecule has 17 heavy (non-hydrogen) atoms. The molecule has 1 atom stereocenters. The minimum atomic E-state index is -2.07. The van der Waals surface area contributed by atoms with Gasteiger partial charge in [-0.15, -0.1) is 0 Å². The summed E-state index contributed by atoms with van der Waals surface area (Å²) in [5.41, 5.74) is 2.19. The molecule has 5 nitrogen and oxygen atoms in total. The van der Waals surface area contributed by atoms with E-state index in [1.807, 2.05) is 0 Å². The van der Waals surface area contributed by atoms with Crippen LogP contribution in [0.25, 0.3) is 11.1 Å². The molecular weight excluding hydrogens is 240 g/mol. The Bertz CT molecular complexity index is 572. The number of benzene rings is 1. The van der Waals surface area contributed by atoms with Crippen molar-refractivity contribution in [2.75, 3.05) is 4.72 Å². The second-order valence-corrected chi connectivity index (χ2v) is 4.07. The lowest BCUT2D eigenvalue weighted by atomic mass is 10.1. The van der Waals surface area contributed by atoms with Gasteiger partial charge in [0.1, 0.15) is 0 Å². The topological polar surface area (TPSA) is 82.2 Å². The van der Waals surface area contributed by atoms with Crippen LogP contribution in [0, 0.1) is 0 Å². The van der Waals surface area contributed by atoms with Crippen LogP contribution in [0.4, 0.5) is 5.69 Å². The van der Waals surface area contributed by atoms with Gasteiger partial charge in [-0.2, -0.15) is 0 Å².